The van der Waals surface area contributed by atoms with E-state index in [1.807, 2.05) is 0 Å². The highest BCUT2D eigenvalue weighted by Crippen LogP contribution is 2.76. The van der Waals surface area contributed by atoms with Crippen LogP contribution in [0, 0.1) is 50.2 Å². The molecule has 0 radical (unpaired) electrons. The molecule has 0 bridgehead atoms. The number of rotatable bonds is 9. The SMILES string of the molecule is CC1(C)CC[C@@]2(C(=O)O[C@H]3O[C@@H](CO)[C@H](O)[C@@H](O)[C@@H]3O)CC[C@@]3(C)C(=CC[C@@H]4[C@]5(C)CC[C@H](O[C@@H]6O[C@H](CO)[C@@H](O[C@@H]7O[C@H](CO)[C@@H](O)[C@H](O)[C@@H]7O)[C@H](O)[C@@H]6O)C(C)(C)[C@@H]5CC[C@@]43C)[C@@H]2C1. The van der Waals surface area contributed by atoms with Crippen molar-refractivity contribution < 1.29 is 89.4 Å². The minimum Gasteiger partial charge on any atom is -0.432 e. The number of hydrogen-bond acceptors (Lipinski definition) is 18. The number of esters is 1. The molecule has 3 heterocycles. The summed E-state index contributed by atoms with van der Waals surface area (Å²) in [4.78, 5) is 14.7. The Morgan fingerprint density at radius 3 is 1.77 bits per heavy atom. The van der Waals surface area contributed by atoms with Crippen LogP contribution >= 0.6 is 0 Å². The molecule has 0 aromatic carbocycles. The third-order valence-corrected chi connectivity index (χ3v) is 19.3. The fourth-order valence-corrected chi connectivity index (χ4v) is 15.0. The van der Waals surface area contributed by atoms with Gasteiger partial charge in [0.1, 0.15) is 73.2 Å². The maximum absolute atomic E-state index is 14.7. The second kappa shape index (κ2) is 18.0. The molecular weight excluding hydrogens is 865 g/mol. The zero-order chi connectivity index (χ0) is 48.3. The second-order valence-corrected chi connectivity index (χ2v) is 23.5. The lowest BCUT2D eigenvalue weighted by molar-refractivity contribution is -0.368. The summed E-state index contributed by atoms with van der Waals surface area (Å²) in [5.74, 6) is -0.157. The largest absolute Gasteiger partial charge is 0.432 e. The molecule has 378 valence electrons. The molecule has 18 heteroatoms. The summed E-state index contributed by atoms with van der Waals surface area (Å²) >= 11 is 0. The van der Waals surface area contributed by atoms with Gasteiger partial charge in [0.2, 0.25) is 6.29 Å². The molecule has 23 atom stereocenters. The Morgan fingerprint density at radius 2 is 1.15 bits per heavy atom. The lowest BCUT2D eigenvalue weighted by Crippen LogP contribution is -2.67. The number of ether oxygens (including phenoxy) is 6. The van der Waals surface area contributed by atoms with Gasteiger partial charge in [0.25, 0.3) is 0 Å². The van der Waals surface area contributed by atoms with Gasteiger partial charge in [0.15, 0.2) is 12.6 Å². The maximum atomic E-state index is 14.7. The first-order chi connectivity index (χ1) is 30.9. The molecule has 5 aliphatic carbocycles. The number of carbonyl (C=O) groups is 1. The molecule has 66 heavy (non-hydrogen) atoms. The summed E-state index contributed by atoms with van der Waals surface area (Å²) < 4.78 is 35.6. The van der Waals surface area contributed by atoms with E-state index >= 15 is 0 Å². The van der Waals surface area contributed by atoms with Gasteiger partial charge in [-0.3, -0.25) is 4.79 Å². The van der Waals surface area contributed by atoms with Gasteiger partial charge in [-0.1, -0.05) is 60.1 Å². The quantitative estimate of drug-likeness (QED) is 0.0833. The van der Waals surface area contributed by atoms with Crippen LogP contribution in [0.5, 0.6) is 0 Å². The fourth-order valence-electron chi connectivity index (χ4n) is 15.0. The van der Waals surface area contributed by atoms with Crippen LogP contribution in [0.25, 0.3) is 0 Å². The topological polar surface area (TPSA) is 295 Å². The zero-order valence-corrected chi connectivity index (χ0v) is 39.5. The fraction of sp³-hybridized carbons (Fsp3) is 0.938. The highest BCUT2D eigenvalue weighted by atomic mass is 16.7. The molecular formula is C48H78O18. The van der Waals surface area contributed by atoms with Gasteiger partial charge in [-0.05, 0) is 109 Å². The van der Waals surface area contributed by atoms with E-state index in [1.54, 1.807) is 0 Å². The number of allylic oxidation sites excluding steroid dienone is 2. The molecule has 11 N–H and O–H groups in total. The van der Waals surface area contributed by atoms with Gasteiger partial charge < -0.3 is 84.6 Å². The summed E-state index contributed by atoms with van der Waals surface area (Å²) in [5.41, 5.74) is -0.613. The summed E-state index contributed by atoms with van der Waals surface area (Å²) in [5, 5.41) is 115. The Morgan fingerprint density at radius 1 is 0.606 bits per heavy atom. The molecule has 4 saturated carbocycles. The van der Waals surface area contributed by atoms with Gasteiger partial charge in [-0.2, -0.15) is 0 Å². The lowest BCUT2D eigenvalue weighted by atomic mass is 9.33. The Hall–Kier alpha value is -1.43. The summed E-state index contributed by atoms with van der Waals surface area (Å²) in [7, 11) is 0. The predicted octanol–water partition coefficient (Wildman–Crippen LogP) is 0.141. The van der Waals surface area contributed by atoms with E-state index in [9.17, 15) is 61.0 Å². The van der Waals surface area contributed by atoms with E-state index in [4.69, 9.17) is 28.4 Å². The van der Waals surface area contributed by atoms with Crippen LogP contribution in [-0.2, 0) is 33.2 Å². The number of aliphatic hydroxyl groups excluding tert-OH is 11. The molecule has 8 aliphatic rings. The molecule has 0 spiro atoms. The van der Waals surface area contributed by atoms with E-state index in [2.05, 4.69) is 54.5 Å². The van der Waals surface area contributed by atoms with Crippen LogP contribution in [0.15, 0.2) is 11.6 Å². The van der Waals surface area contributed by atoms with Crippen LogP contribution in [0.1, 0.15) is 113 Å². The van der Waals surface area contributed by atoms with Crippen LogP contribution in [0.2, 0.25) is 0 Å². The van der Waals surface area contributed by atoms with Crippen LogP contribution < -0.4 is 0 Å². The van der Waals surface area contributed by atoms with Crippen molar-refractivity contribution in [3.8, 4) is 0 Å². The zero-order valence-electron chi connectivity index (χ0n) is 39.5. The number of fused-ring (bicyclic) bond motifs is 7. The minimum atomic E-state index is -1.77. The van der Waals surface area contributed by atoms with Crippen molar-refractivity contribution in [2.75, 3.05) is 19.8 Å². The molecule has 7 fully saturated rings. The van der Waals surface area contributed by atoms with Crippen molar-refractivity contribution in [2.45, 2.75) is 211 Å². The molecule has 0 amide bonds. The maximum Gasteiger partial charge on any atom is 0.315 e. The average molecular weight is 943 g/mol. The molecule has 3 aliphatic heterocycles. The summed E-state index contributed by atoms with van der Waals surface area (Å²) in [6.07, 6.45) is -13.5. The number of carbonyl (C=O) groups excluding carboxylic acids is 1. The highest BCUT2D eigenvalue weighted by Gasteiger charge is 2.70. The summed E-state index contributed by atoms with van der Waals surface area (Å²) in [6, 6.07) is 0. The molecule has 18 nitrogen and oxygen atoms in total. The Labute approximate surface area is 387 Å². The molecule has 0 unspecified atom stereocenters. The van der Waals surface area contributed by atoms with Crippen molar-refractivity contribution in [1.29, 1.82) is 0 Å². The Balaban J connectivity index is 0.998. The Bertz CT molecular complexity index is 1790. The van der Waals surface area contributed by atoms with Gasteiger partial charge in [-0.15, -0.1) is 0 Å². The van der Waals surface area contributed by atoms with Gasteiger partial charge in [-0.25, -0.2) is 0 Å². The monoisotopic (exact) mass is 943 g/mol. The average Bonchev–Trinajstić information content (AvgIpc) is 3.27. The van der Waals surface area contributed by atoms with Crippen molar-refractivity contribution in [1.82, 2.24) is 0 Å². The predicted molar refractivity (Wildman–Crippen MR) is 230 cm³/mol. The van der Waals surface area contributed by atoms with E-state index in [1.165, 1.54) is 5.57 Å². The molecule has 3 saturated heterocycles. The lowest BCUT2D eigenvalue weighted by Gasteiger charge is -2.71. The first kappa shape index (κ1) is 50.9. The second-order valence-electron chi connectivity index (χ2n) is 23.5. The minimum absolute atomic E-state index is 0.0540. The van der Waals surface area contributed by atoms with Crippen molar-refractivity contribution in [3.05, 3.63) is 11.6 Å². The van der Waals surface area contributed by atoms with E-state index in [0.29, 0.717) is 19.3 Å². The van der Waals surface area contributed by atoms with Crippen molar-refractivity contribution in [3.63, 3.8) is 0 Å². The van der Waals surface area contributed by atoms with E-state index in [-0.39, 0.29) is 39.4 Å². The van der Waals surface area contributed by atoms with Gasteiger partial charge in [0.05, 0.1) is 31.3 Å². The first-order valence-electron chi connectivity index (χ1n) is 24.3. The highest BCUT2D eigenvalue weighted by molar-refractivity contribution is 5.79. The Kier molecular flexibility index (Phi) is 13.9. The molecule has 8 rings (SSSR count). The molecule has 0 aromatic heterocycles. The smallest absolute Gasteiger partial charge is 0.315 e. The third kappa shape index (κ3) is 7.87. The van der Waals surface area contributed by atoms with Crippen LogP contribution in [0.3, 0.4) is 0 Å². The van der Waals surface area contributed by atoms with Crippen molar-refractivity contribution in [2.24, 2.45) is 50.2 Å². The van der Waals surface area contributed by atoms with Crippen LogP contribution in [0.4, 0.5) is 0 Å². The van der Waals surface area contributed by atoms with Gasteiger partial charge >= 0.3 is 5.97 Å². The normalized spacial score (nSPS) is 53.3. The van der Waals surface area contributed by atoms with E-state index < -0.39 is 135 Å². The number of aliphatic hydroxyl groups is 11. The van der Waals surface area contributed by atoms with E-state index in [0.717, 1.165) is 44.9 Å². The molecule has 0 aromatic rings. The van der Waals surface area contributed by atoms with Crippen LogP contribution in [-0.4, -0.2) is 180 Å². The standard InChI is InChI=1S/C48H78O18/c1-43(2)14-16-48(42(60)66-41-36(58)33(55)31(53)25(20-50)62-41)17-15-46(6)22(23(48)18-43)8-9-28-45(5)12-11-29(44(3,4)27(45)10-13-47(28,46)7)64-39-37(59)34(56)38(26(21-51)63-39)65-40-35(57)32(54)30(52)24(19-49)61-40/h8,23-41,49-59H,9-21H2,1-7H3/t23-,24+,25-,26+,27-,28+,29-,30+,31-,32-,33+,34+,35-,36-,37-,38+,39-,40-,41+,45+,46-,47-,48+/m0/s1. The summed E-state index contributed by atoms with van der Waals surface area (Å²) in [6.45, 7) is 14.1. The van der Waals surface area contributed by atoms with Crippen molar-refractivity contribution >= 4 is 5.97 Å². The van der Waals surface area contributed by atoms with Gasteiger partial charge in [0, 0.05) is 0 Å². The third-order valence-electron chi connectivity index (χ3n) is 19.3. The number of hydrogen-bond donors (Lipinski definition) is 11. The first-order valence-corrected chi connectivity index (χ1v) is 24.3.